The lowest BCUT2D eigenvalue weighted by atomic mass is 9.43. The van der Waals surface area contributed by atoms with Crippen LogP contribution in [-0.4, -0.2) is 112 Å². The van der Waals surface area contributed by atoms with E-state index in [1.807, 2.05) is 18.2 Å². The summed E-state index contributed by atoms with van der Waals surface area (Å²) in [7, 11) is 9.17. The average Bonchev–Trinajstić information content (AvgIpc) is 3.63. The zero-order valence-electron chi connectivity index (χ0n) is 36.5. The van der Waals surface area contributed by atoms with Gasteiger partial charge in [0.1, 0.15) is 17.3 Å². The summed E-state index contributed by atoms with van der Waals surface area (Å²) in [4.78, 5) is 31.0. The van der Waals surface area contributed by atoms with Crippen LogP contribution in [0.5, 0.6) is 0 Å². The van der Waals surface area contributed by atoms with Crippen LogP contribution in [0.4, 0.5) is 0 Å². The molecule has 0 radical (unpaired) electrons. The summed E-state index contributed by atoms with van der Waals surface area (Å²) in [6.45, 7) is 3.53. The van der Waals surface area contributed by atoms with Gasteiger partial charge in [-0.25, -0.2) is 4.79 Å². The molecule has 1 aromatic rings. The van der Waals surface area contributed by atoms with Gasteiger partial charge in [0.2, 0.25) is 0 Å². The number of hydrogen-bond donors (Lipinski definition) is 1. The van der Waals surface area contributed by atoms with Gasteiger partial charge in [0, 0.05) is 82.5 Å². The molecule has 10 heteroatoms. The van der Waals surface area contributed by atoms with Crippen LogP contribution < -0.4 is 0 Å². The lowest BCUT2D eigenvalue weighted by molar-refractivity contribution is -0.286. The number of ether oxygens (including phenoxy) is 6. The Morgan fingerprint density at radius 3 is 2.24 bits per heavy atom. The summed E-state index contributed by atoms with van der Waals surface area (Å²) >= 11 is 0. The van der Waals surface area contributed by atoms with Crippen molar-refractivity contribution in [3.8, 4) is 0 Å². The molecule has 0 aromatic heterocycles. The van der Waals surface area contributed by atoms with Gasteiger partial charge in [-0.3, -0.25) is 4.79 Å². The molecular weight excluding hydrogens is 747 g/mol. The molecule has 5 saturated carbocycles. The van der Waals surface area contributed by atoms with Crippen LogP contribution in [0.15, 0.2) is 66.8 Å². The SMILES string of the molecule is CC/C=C\C/C=C\C/C=C\CCCCCCCC(=O)O[C@]12C[C@H](OC)[C@]3(O)C[C@H]([C@@H]1[C@H]3OC(=O)c1ccccc1)[C@@]13[C@@H](OC)CC[C@@]4(COC)CN(C)[C@@H]1[C@@H]2[C@H](OC)[C@H]43. The molecule has 0 amide bonds. The van der Waals surface area contributed by atoms with Crippen LogP contribution in [0.1, 0.15) is 107 Å². The third-order valence-corrected chi connectivity index (χ3v) is 15.7. The maximum Gasteiger partial charge on any atom is 0.338 e. The van der Waals surface area contributed by atoms with Gasteiger partial charge in [0.15, 0.2) is 0 Å². The van der Waals surface area contributed by atoms with Crippen LogP contribution in [0.2, 0.25) is 0 Å². The number of hydrogen-bond acceptors (Lipinski definition) is 10. The molecule has 59 heavy (non-hydrogen) atoms. The second-order valence-corrected chi connectivity index (χ2v) is 18.6. The molecule has 10 nitrogen and oxygen atoms in total. The van der Waals surface area contributed by atoms with Gasteiger partial charge in [-0.1, -0.05) is 80.8 Å². The molecule has 6 aliphatic rings. The lowest BCUT2D eigenvalue weighted by Crippen LogP contribution is -2.77. The van der Waals surface area contributed by atoms with E-state index in [0.29, 0.717) is 25.0 Å². The van der Waals surface area contributed by atoms with Crippen molar-refractivity contribution < 1.29 is 43.1 Å². The van der Waals surface area contributed by atoms with Crippen LogP contribution in [0.25, 0.3) is 0 Å². The second kappa shape index (κ2) is 18.6. The van der Waals surface area contributed by atoms with E-state index in [1.165, 1.54) is 0 Å². The smallest absolute Gasteiger partial charge is 0.338 e. The summed E-state index contributed by atoms with van der Waals surface area (Å²) in [6, 6.07) is 8.87. The summed E-state index contributed by atoms with van der Waals surface area (Å²) in [5, 5.41) is 13.0. The Morgan fingerprint density at radius 1 is 0.847 bits per heavy atom. The van der Waals surface area contributed by atoms with E-state index in [-0.39, 0.29) is 53.8 Å². The molecule has 13 atom stereocenters. The number of aliphatic hydroxyl groups is 1. The normalized spacial score (nSPS) is 39.4. The third kappa shape index (κ3) is 7.49. The topological polar surface area (TPSA) is 113 Å². The Morgan fingerprint density at radius 2 is 1.54 bits per heavy atom. The molecule has 1 N–H and O–H groups in total. The number of benzene rings is 1. The molecule has 0 unspecified atom stereocenters. The molecule has 6 fully saturated rings. The van der Waals surface area contributed by atoms with E-state index in [2.05, 4.69) is 55.3 Å². The van der Waals surface area contributed by atoms with E-state index in [4.69, 9.17) is 28.4 Å². The largest absolute Gasteiger partial charge is 0.458 e. The Bertz CT molecular complexity index is 1680. The van der Waals surface area contributed by atoms with Gasteiger partial charge in [-0.05, 0) is 82.9 Å². The first-order chi connectivity index (χ1) is 28.6. The van der Waals surface area contributed by atoms with Gasteiger partial charge < -0.3 is 38.4 Å². The molecule has 1 aromatic carbocycles. The van der Waals surface area contributed by atoms with Crippen molar-refractivity contribution in [2.75, 3.05) is 48.6 Å². The lowest BCUT2D eigenvalue weighted by Gasteiger charge is -2.69. The number of nitrogens with zero attached hydrogens (tertiary/aromatic N) is 1. The predicted octanol–water partition coefficient (Wildman–Crippen LogP) is 7.89. The maximum atomic E-state index is 14.4. The number of allylic oxidation sites excluding steroid dienone is 6. The van der Waals surface area contributed by atoms with Crippen LogP contribution >= 0.6 is 0 Å². The number of likely N-dealkylation sites (tertiary alicyclic amines) is 1. The summed E-state index contributed by atoms with van der Waals surface area (Å²) < 4.78 is 39.2. The van der Waals surface area contributed by atoms with Crippen molar-refractivity contribution in [2.45, 2.75) is 138 Å². The van der Waals surface area contributed by atoms with Crippen LogP contribution in [0, 0.1) is 34.5 Å². The van der Waals surface area contributed by atoms with E-state index >= 15 is 0 Å². The summed E-state index contributed by atoms with van der Waals surface area (Å²) in [6.07, 6.45) is 23.0. The minimum atomic E-state index is -1.50. The zero-order chi connectivity index (χ0) is 41.8. The van der Waals surface area contributed by atoms with E-state index in [9.17, 15) is 14.7 Å². The fraction of sp³-hybridized carbons (Fsp3) is 0.714. The van der Waals surface area contributed by atoms with Gasteiger partial charge >= 0.3 is 11.9 Å². The summed E-state index contributed by atoms with van der Waals surface area (Å²) in [5.74, 6) is -1.77. The highest BCUT2D eigenvalue weighted by atomic mass is 16.6. The van der Waals surface area contributed by atoms with Crippen molar-refractivity contribution in [1.82, 2.24) is 4.90 Å². The molecule has 326 valence electrons. The van der Waals surface area contributed by atoms with Gasteiger partial charge in [-0.15, -0.1) is 0 Å². The van der Waals surface area contributed by atoms with E-state index < -0.39 is 40.7 Å². The number of carbonyl (C=O) groups is 2. The maximum absolute atomic E-state index is 14.4. The number of methoxy groups -OCH3 is 4. The first-order valence-corrected chi connectivity index (χ1v) is 22.6. The highest BCUT2D eigenvalue weighted by molar-refractivity contribution is 5.89. The number of piperidine rings is 1. The molecule has 1 aliphatic heterocycles. The van der Waals surface area contributed by atoms with Gasteiger partial charge in [0.05, 0.1) is 30.5 Å². The first kappa shape index (κ1) is 44.2. The minimum Gasteiger partial charge on any atom is -0.458 e. The minimum absolute atomic E-state index is 0.00383. The quantitative estimate of drug-likeness (QED) is 0.0747. The average molecular weight is 818 g/mol. The van der Waals surface area contributed by atoms with Crippen molar-refractivity contribution >= 4 is 11.9 Å². The number of esters is 2. The molecule has 1 spiro atoms. The first-order valence-electron chi connectivity index (χ1n) is 22.6. The fourth-order valence-corrected chi connectivity index (χ4v) is 14.0. The Kier molecular flexibility index (Phi) is 14.0. The standard InChI is InChI=1S/C49H71NO9/c1-7-8-9-10-11-12-13-14-15-16-17-18-19-20-24-27-38(51)59-48-31-37(56-5)47(53)30-35(39(48)44(47)58-45(52)34-25-22-21-23-26-34)49-36(55-4)28-29-46(33-54-3)32-50(2)43(49)40(48)41(57-6)42(46)49/h8-9,11-12,14-15,21-23,25-26,35-37,39-44,53H,7,10,13,16-20,24,27-33H2,1-6H3/b9-8-,12-11-,15-14-/t35-,36+,37+,39-,40+,41+,42-,43-,44-,46+,47-,48-,49+/m1/s1. The molecule has 7 bridgehead atoms. The molecular formula is C49H71NO9. The van der Waals surface area contributed by atoms with Crippen molar-refractivity contribution in [2.24, 2.45) is 34.5 Å². The molecule has 1 heterocycles. The summed E-state index contributed by atoms with van der Waals surface area (Å²) in [5.41, 5.74) is -2.97. The van der Waals surface area contributed by atoms with Crippen molar-refractivity contribution in [3.63, 3.8) is 0 Å². The Hall–Kier alpha value is -2.86. The highest BCUT2D eigenvalue weighted by Gasteiger charge is 2.89. The number of carbonyl (C=O) groups excluding carboxylic acids is 2. The second-order valence-electron chi connectivity index (χ2n) is 18.6. The Labute approximate surface area is 353 Å². The molecule has 5 aliphatic carbocycles. The van der Waals surface area contributed by atoms with Gasteiger partial charge in [0.25, 0.3) is 0 Å². The van der Waals surface area contributed by atoms with Crippen molar-refractivity contribution in [1.29, 1.82) is 0 Å². The van der Waals surface area contributed by atoms with Crippen molar-refractivity contribution in [3.05, 3.63) is 72.4 Å². The number of fused-ring (bicyclic) bond motifs is 2. The van der Waals surface area contributed by atoms with E-state index in [1.54, 1.807) is 40.6 Å². The molecule has 1 saturated heterocycles. The van der Waals surface area contributed by atoms with E-state index in [0.717, 1.165) is 77.2 Å². The molecule has 7 rings (SSSR count). The Balaban J connectivity index is 1.15. The van der Waals surface area contributed by atoms with Gasteiger partial charge in [-0.2, -0.15) is 0 Å². The highest BCUT2D eigenvalue weighted by Crippen LogP contribution is 2.80. The van der Waals surface area contributed by atoms with Crippen LogP contribution in [0.3, 0.4) is 0 Å². The number of rotatable bonds is 21. The fourth-order valence-electron chi connectivity index (χ4n) is 14.0. The zero-order valence-corrected chi connectivity index (χ0v) is 36.5. The monoisotopic (exact) mass is 818 g/mol. The predicted molar refractivity (Wildman–Crippen MR) is 227 cm³/mol. The third-order valence-electron chi connectivity index (χ3n) is 15.7. The number of unbranched alkanes of at least 4 members (excludes halogenated alkanes) is 5. The van der Waals surface area contributed by atoms with Crippen LogP contribution in [-0.2, 0) is 33.2 Å².